The zero-order chi connectivity index (χ0) is 19.6. The van der Waals surface area contributed by atoms with Crippen molar-refractivity contribution in [3.05, 3.63) is 16.1 Å². The Hall–Kier alpha value is -0.660. The van der Waals surface area contributed by atoms with Gasteiger partial charge in [0.05, 0.1) is 24.3 Å². The first kappa shape index (κ1) is 26.3. The fraction of sp³-hybridized carbons (Fsp3) is 0.750. The standard InChI is InChI=1S/C16H27F3N4O2S.HI/c1-4-20-15(22-7-12(24)9-25-8-11(2)3)21-6-5-14-23-13(10-26-14)16(17,18)19;/h10-12,24H,4-9H2,1-3H3,(H2,20,21,22);1H. The van der Waals surface area contributed by atoms with Crippen LogP contribution >= 0.6 is 35.3 Å². The van der Waals surface area contributed by atoms with Gasteiger partial charge in [-0.05, 0) is 12.8 Å². The molecule has 3 N–H and O–H groups in total. The van der Waals surface area contributed by atoms with Crippen LogP contribution in [0.15, 0.2) is 10.4 Å². The predicted molar refractivity (Wildman–Crippen MR) is 112 cm³/mol. The maximum Gasteiger partial charge on any atom is 0.434 e. The lowest BCUT2D eigenvalue weighted by Gasteiger charge is -2.13. The molecule has 0 aromatic carbocycles. The number of hydrogen-bond acceptors (Lipinski definition) is 5. The summed E-state index contributed by atoms with van der Waals surface area (Å²) >= 11 is 0.983. The van der Waals surface area contributed by atoms with Crippen LogP contribution in [0.5, 0.6) is 0 Å². The number of aliphatic hydroxyl groups is 1. The highest BCUT2D eigenvalue weighted by atomic mass is 127. The summed E-state index contributed by atoms with van der Waals surface area (Å²) in [4.78, 5) is 7.84. The molecule has 1 atom stereocenters. The molecule has 0 radical (unpaired) electrons. The molecule has 0 saturated heterocycles. The van der Waals surface area contributed by atoms with E-state index in [0.717, 1.165) is 16.7 Å². The van der Waals surface area contributed by atoms with Gasteiger partial charge in [-0.3, -0.25) is 4.99 Å². The van der Waals surface area contributed by atoms with Crippen molar-refractivity contribution < 1.29 is 23.0 Å². The van der Waals surface area contributed by atoms with Gasteiger partial charge in [-0.15, -0.1) is 35.3 Å². The fourth-order valence-corrected chi connectivity index (χ4v) is 2.68. The van der Waals surface area contributed by atoms with Crippen LogP contribution in [0.1, 0.15) is 31.5 Å². The molecule has 6 nitrogen and oxygen atoms in total. The van der Waals surface area contributed by atoms with Gasteiger partial charge in [-0.1, -0.05) is 13.8 Å². The summed E-state index contributed by atoms with van der Waals surface area (Å²) in [5.74, 6) is 0.886. The maximum absolute atomic E-state index is 12.5. The zero-order valence-corrected chi connectivity index (χ0v) is 18.8. The third-order valence-corrected chi connectivity index (χ3v) is 3.95. The first-order valence-electron chi connectivity index (χ1n) is 8.52. The third kappa shape index (κ3) is 11.7. The Labute approximate surface area is 179 Å². The van der Waals surface area contributed by atoms with Crippen LogP contribution in [0.2, 0.25) is 0 Å². The van der Waals surface area contributed by atoms with Crippen LogP contribution in [0.25, 0.3) is 0 Å². The minimum atomic E-state index is -4.41. The zero-order valence-electron chi connectivity index (χ0n) is 15.7. The monoisotopic (exact) mass is 524 g/mol. The van der Waals surface area contributed by atoms with E-state index in [4.69, 9.17) is 4.74 Å². The van der Waals surface area contributed by atoms with Gasteiger partial charge in [-0.2, -0.15) is 13.2 Å². The van der Waals surface area contributed by atoms with Crippen LogP contribution in [-0.4, -0.2) is 55.0 Å². The molecule has 0 aliphatic carbocycles. The molecule has 0 aliphatic heterocycles. The van der Waals surface area contributed by atoms with E-state index in [2.05, 4.69) is 20.6 Å². The molecular weight excluding hydrogens is 496 g/mol. The lowest BCUT2D eigenvalue weighted by atomic mass is 10.2. The first-order chi connectivity index (χ1) is 12.2. The second-order valence-electron chi connectivity index (χ2n) is 6.11. The molecule has 1 aromatic heterocycles. The van der Waals surface area contributed by atoms with Gasteiger partial charge in [-0.25, -0.2) is 4.98 Å². The number of halogens is 4. The van der Waals surface area contributed by atoms with Crippen molar-refractivity contribution in [2.24, 2.45) is 10.9 Å². The molecule has 11 heteroatoms. The predicted octanol–water partition coefficient (Wildman–Crippen LogP) is 2.91. The van der Waals surface area contributed by atoms with Crippen molar-refractivity contribution in [3.8, 4) is 0 Å². The molecule has 0 saturated carbocycles. The number of rotatable bonds is 10. The number of aliphatic hydroxyl groups excluding tert-OH is 1. The van der Waals surface area contributed by atoms with Gasteiger partial charge in [0, 0.05) is 31.5 Å². The quantitative estimate of drug-likeness (QED) is 0.249. The number of hydrogen-bond donors (Lipinski definition) is 3. The smallest absolute Gasteiger partial charge is 0.389 e. The lowest BCUT2D eigenvalue weighted by Crippen LogP contribution is -2.39. The van der Waals surface area contributed by atoms with Crippen molar-refractivity contribution in [3.63, 3.8) is 0 Å². The Morgan fingerprint density at radius 3 is 2.59 bits per heavy atom. The van der Waals surface area contributed by atoms with Crippen LogP contribution in [0.3, 0.4) is 0 Å². The summed E-state index contributed by atoms with van der Waals surface area (Å²) in [5.41, 5.74) is -0.859. The van der Waals surface area contributed by atoms with Crippen molar-refractivity contribution in [1.82, 2.24) is 15.6 Å². The Kier molecular flexibility index (Phi) is 13.2. The molecule has 0 amide bonds. The topological polar surface area (TPSA) is 78.8 Å². The highest BCUT2D eigenvalue weighted by Gasteiger charge is 2.33. The largest absolute Gasteiger partial charge is 0.434 e. The SMILES string of the molecule is CCNC(=NCC(O)COCC(C)C)NCCc1nc(C(F)(F)F)cs1.I. The van der Waals surface area contributed by atoms with Gasteiger partial charge in [0.25, 0.3) is 0 Å². The van der Waals surface area contributed by atoms with Gasteiger partial charge < -0.3 is 20.5 Å². The Bertz CT molecular complexity index is 556. The second-order valence-corrected chi connectivity index (χ2v) is 7.05. The van der Waals surface area contributed by atoms with E-state index >= 15 is 0 Å². The van der Waals surface area contributed by atoms with E-state index in [0.29, 0.717) is 43.0 Å². The summed E-state index contributed by atoms with van der Waals surface area (Å²) in [6, 6.07) is 0. The first-order valence-corrected chi connectivity index (χ1v) is 9.39. The van der Waals surface area contributed by atoms with Gasteiger partial charge in [0.2, 0.25) is 0 Å². The molecule has 1 unspecified atom stereocenters. The number of nitrogens with zero attached hydrogens (tertiary/aromatic N) is 2. The van der Waals surface area contributed by atoms with Crippen LogP contribution in [0, 0.1) is 5.92 Å². The molecule has 0 aliphatic rings. The number of nitrogens with one attached hydrogen (secondary N) is 2. The number of alkyl halides is 3. The Morgan fingerprint density at radius 1 is 1.33 bits per heavy atom. The average molecular weight is 524 g/mol. The highest BCUT2D eigenvalue weighted by Crippen LogP contribution is 2.29. The highest BCUT2D eigenvalue weighted by molar-refractivity contribution is 14.0. The van der Waals surface area contributed by atoms with Crippen LogP contribution in [-0.2, 0) is 17.3 Å². The third-order valence-electron chi connectivity index (χ3n) is 3.04. The summed E-state index contributed by atoms with van der Waals surface area (Å²) in [5, 5.41) is 17.3. The molecule has 158 valence electrons. The molecule has 0 spiro atoms. The van der Waals surface area contributed by atoms with Crippen molar-refractivity contribution in [2.75, 3.05) is 32.8 Å². The molecule has 1 heterocycles. The second kappa shape index (κ2) is 13.5. The van der Waals surface area contributed by atoms with Gasteiger partial charge in [0.1, 0.15) is 0 Å². The van der Waals surface area contributed by atoms with Crippen molar-refractivity contribution in [2.45, 2.75) is 39.5 Å². The van der Waals surface area contributed by atoms with E-state index < -0.39 is 18.0 Å². The summed E-state index contributed by atoms with van der Waals surface area (Å²) < 4.78 is 42.9. The van der Waals surface area contributed by atoms with E-state index in [9.17, 15) is 18.3 Å². The van der Waals surface area contributed by atoms with Gasteiger partial charge in [0.15, 0.2) is 11.7 Å². The molecule has 27 heavy (non-hydrogen) atoms. The number of thiazole rings is 1. The van der Waals surface area contributed by atoms with E-state index in [1.807, 2.05) is 20.8 Å². The molecule has 1 aromatic rings. The number of aromatic nitrogens is 1. The minimum Gasteiger partial charge on any atom is -0.389 e. The summed E-state index contributed by atoms with van der Waals surface area (Å²) in [6.45, 7) is 7.92. The summed E-state index contributed by atoms with van der Waals surface area (Å²) in [7, 11) is 0. The number of guanidine groups is 1. The van der Waals surface area contributed by atoms with Crippen LogP contribution in [0.4, 0.5) is 13.2 Å². The lowest BCUT2D eigenvalue weighted by molar-refractivity contribution is -0.140. The van der Waals surface area contributed by atoms with Gasteiger partial charge >= 0.3 is 6.18 Å². The molecule has 0 fully saturated rings. The normalized spacial score (nSPS) is 13.4. The maximum atomic E-state index is 12.5. The van der Waals surface area contributed by atoms with Crippen LogP contribution < -0.4 is 10.6 Å². The Morgan fingerprint density at radius 2 is 2.04 bits per heavy atom. The Balaban J connectivity index is 0.00000676. The van der Waals surface area contributed by atoms with E-state index in [1.165, 1.54) is 0 Å². The van der Waals surface area contributed by atoms with E-state index in [1.54, 1.807) is 0 Å². The molecular formula is C16H28F3IN4O2S. The summed E-state index contributed by atoms with van der Waals surface area (Å²) in [6.07, 6.45) is -4.77. The van der Waals surface area contributed by atoms with Crippen molar-refractivity contribution >= 4 is 41.3 Å². The molecule has 1 rings (SSSR count). The fourth-order valence-electron chi connectivity index (χ4n) is 1.87. The minimum absolute atomic E-state index is 0. The number of ether oxygens (including phenoxy) is 1. The van der Waals surface area contributed by atoms with E-state index in [-0.39, 0.29) is 37.1 Å². The number of aliphatic imine (C=N–C) groups is 1. The van der Waals surface area contributed by atoms with Crippen molar-refractivity contribution in [1.29, 1.82) is 0 Å². The average Bonchev–Trinajstić information content (AvgIpc) is 3.01. The molecule has 0 bridgehead atoms.